The van der Waals surface area contributed by atoms with E-state index >= 15 is 0 Å². The molecule has 3 rings (SSSR count). The molecule has 1 unspecified atom stereocenters. The number of fused-ring (bicyclic) bond motifs is 1. The van der Waals surface area contributed by atoms with Crippen molar-refractivity contribution < 1.29 is 0 Å². The smallest absolute Gasteiger partial charge is 0.177 e. The van der Waals surface area contributed by atoms with Gasteiger partial charge in [-0.1, -0.05) is 13.3 Å². The predicted molar refractivity (Wildman–Crippen MR) is 86.6 cm³/mol. The fourth-order valence-electron chi connectivity index (χ4n) is 3.20. The molecule has 21 heavy (non-hydrogen) atoms. The van der Waals surface area contributed by atoms with Gasteiger partial charge in [-0.05, 0) is 32.6 Å². The molecule has 3 heterocycles. The predicted octanol–water partition coefficient (Wildman–Crippen LogP) is 3.14. The van der Waals surface area contributed by atoms with E-state index in [0.717, 1.165) is 48.6 Å². The van der Waals surface area contributed by atoms with Gasteiger partial charge in [-0.15, -0.1) is 11.6 Å². The van der Waals surface area contributed by atoms with Crippen LogP contribution in [0.1, 0.15) is 56.4 Å². The van der Waals surface area contributed by atoms with Gasteiger partial charge in [0.05, 0.1) is 11.1 Å². The highest BCUT2D eigenvalue weighted by molar-refractivity contribution is 6.20. The summed E-state index contributed by atoms with van der Waals surface area (Å²) in [6, 6.07) is 0. The minimum absolute atomic E-state index is 0.103. The average Bonchev–Trinajstić information content (AvgIpc) is 3.00. The summed E-state index contributed by atoms with van der Waals surface area (Å²) >= 11 is 6.40. The van der Waals surface area contributed by atoms with Crippen LogP contribution in [0.4, 0.5) is 0 Å². The number of nitrogens with zero attached hydrogens (tertiary/aromatic N) is 5. The van der Waals surface area contributed by atoms with E-state index in [4.69, 9.17) is 16.6 Å². The number of halogens is 1. The van der Waals surface area contributed by atoms with Gasteiger partial charge in [0.15, 0.2) is 5.65 Å². The van der Waals surface area contributed by atoms with Crippen molar-refractivity contribution in [3.05, 3.63) is 11.5 Å². The van der Waals surface area contributed by atoms with Crippen LogP contribution in [-0.4, -0.2) is 32.5 Å². The molecule has 0 bridgehead atoms. The Hall–Kier alpha value is -1.23. The van der Waals surface area contributed by atoms with Gasteiger partial charge in [-0.25, -0.2) is 14.3 Å². The quantitative estimate of drug-likeness (QED) is 0.814. The molecule has 5 nitrogen and oxygen atoms in total. The van der Waals surface area contributed by atoms with Gasteiger partial charge >= 0.3 is 0 Å². The third kappa shape index (κ3) is 2.52. The van der Waals surface area contributed by atoms with Crippen molar-refractivity contribution in [3.8, 4) is 0 Å². The molecule has 1 saturated heterocycles. The monoisotopic (exact) mass is 309 g/mol. The fourth-order valence-corrected chi connectivity index (χ4v) is 3.34. The van der Waals surface area contributed by atoms with Gasteiger partial charge in [0, 0.05) is 20.1 Å². The van der Waals surface area contributed by atoms with E-state index in [1.165, 1.54) is 19.3 Å². The Balaban J connectivity index is 2.16. The number of hydrogen-bond donors (Lipinski definition) is 0. The Kier molecular flexibility index (Phi) is 4.11. The normalized spacial score (nSPS) is 17.6. The maximum Gasteiger partial charge on any atom is 0.177 e. The molecule has 116 valence electrons. The van der Waals surface area contributed by atoms with E-state index in [1.54, 1.807) is 0 Å². The van der Waals surface area contributed by atoms with Gasteiger partial charge in [0.1, 0.15) is 11.3 Å². The first-order valence-electron chi connectivity index (χ1n) is 7.97. The first-order chi connectivity index (χ1) is 10.1. The van der Waals surface area contributed by atoms with Crippen molar-refractivity contribution in [1.29, 1.82) is 0 Å². The number of piperidine rings is 1. The lowest BCUT2D eigenvalue weighted by Gasteiger charge is -2.31. The summed E-state index contributed by atoms with van der Waals surface area (Å²) in [6.45, 7) is 6.30. The van der Waals surface area contributed by atoms with Crippen LogP contribution in [0.2, 0.25) is 0 Å². The highest BCUT2D eigenvalue weighted by Crippen LogP contribution is 2.28. The molecule has 1 atom stereocenters. The molecule has 1 aliphatic heterocycles. The Morgan fingerprint density at radius 1 is 1.24 bits per heavy atom. The average molecular weight is 310 g/mol. The first-order valence-corrected chi connectivity index (χ1v) is 8.40. The minimum atomic E-state index is -0.103. The van der Waals surface area contributed by atoms with Gasteiger partial charge in [-0.3, -0.25) is 0 Å². The number of hydrogen-bond acceptors (Lipinski definition) is 3. The lowest BCUT2D eigenvalue weighted by Crippen LogP contribution is -2.40. The van der Waals surface area contributed by atoms with Gasteiger partial charge in [0.2, 0.25) is 0 Å². The van der Waals surface area contributed by atoms with Gasteiger partial charge in [-0.2, -0.15) is 5.10 Å². The molecule has 0 aromatic carbocycles. The van der Waals surface area contributed by atoms with Crippen LogP contribution < -0.4 is 5.01 Å². The van der Waals surface area contributed by atoms with Gasteiger partial charge < -0.3 is 5.01 Å². The lowest BCUT2D eigenvalue weighted by atomic mass is 10.2. The molecule has 2 aromatic rings. The third-order valence-corrected chi connectivity index (χ3v) is 4.36. The van der Waals surface area contributed by atoms with Crippen molar-refractivity contribution >= 4 is 22.8 Å². The number of aromatic nitrogens is 4. The second-order valence-corrected chi connectivity index (χ2v) is 6.56. The minimum Gasteiger partial charge on any atom is -0.310 e. The zero-order valence-electron chi connectivity index (χ0n) is 13.1. The van der Waals surface area contributed by atoms with Crippen molar-refractivity contribution in [3.63, 3.8) is 0 Å². The largest absolute Gasteiger partial charge is 0.310 e. The number of imidazole rings is 1. The van der Waals surface area contributed by atoms with Crippen molar-refractivity contribution in [1.82, 2.24) is 19.4 Å². The van der Waals surface area contributed by atoms with Crippen LogP contribution in [0.3, 0.4) is 0 Å². The lowest BCUT2D eigenvalue weighted by molar-refractivity contribution is 0.469. The summed E-state index contributed by atoms with van der Waals surface area (Å²) in [4.78, 5) is 4.83. The molecule has 0 saturated carbocycles. The van der Waals surface area contributed by atoms with Crippen LogP contribution in [0.5, 0.6) is 0 Å². The topological polar surface area (TPSA) is 38.9 Å². The van der Waals surface area contributed by atoms with Gasteiger partial charge in [0.25, 0.3) is 0 Å². The fraction of sp³-hybridized carbons (Fsp3) is 0.733. The molecule has 0 radical (unpaired) electrons. The number of alkyl halides is 1. The van der Waals surface area contributed by atoms with E-state index in [2.05, 4.69) is 21.7 Å². The molecule has 0 N–H and O–H groups in total. The summed E-state index contributed by atoms with van der Waals surface area (Å²) in [6.07, 6.45) is 5.82. The summed E-state index contributed by atoms with van der Waals surface area (Å²) in [5.41, 5.74) is 3.19. The zero-order chi connectivity index (χ0) is 15.0. The Morgan fingerprint density at radius 3 is 2.57 bits per heavy atom. The first kappa shape index (κ1) is 14.7. The maximum atomic E-state index is 6.40. The zero-order valence-corrected chi connectivity index (χ0v) is 13.9. The van der Waals surface area contributed by atoms with E-state index in [1.807, 2.05) is 18.7 Å². The van der Waals surface area contributed by atoms with Crippen LogP contribution >= 0.6 is 11.6 Å². The summed E-state index contributed by atoms with van der Waals surface area (Å²) < 4.78 is 4.18. The summed E-state index contributed by atoms with van der Waals surface area (Å²) in [5.74, 6) is 0.943. The molecule has 0 amide bonds. The standard InChI is InChI=1S/C15H24ClN5/c1-4-8-12-13-15(19(3)18-12)21(14(17-13)11(2)16)20-9-6-5-7-10-20/h11H,4-10H2,1-3H3. The van der Waals surface area contributed by atoms with E-state index < -0.39 is 0 Å². The summed E-state index contributed by atoms with van der Waals surface area (Å²) in [5, 5.41) is 6.94. The highest BCUT2D eigenvalue weighted by Gasteiger charge is 2.25. The molecular weight excluding hydrogens is 286 g/mol. The maximum absolute atomic E-state index is 6.40. The van der Waals surface area contributed by atoms with Crippen LogP contribution in [0.25, 0.3) is 11.2 Å². The summed E-state index contributed by atoms with van der Waals surface area (Å²) in [7, 11) is 2.01. The molecule has 1 aliphatic rings. The molecular formula is C15H24ClN5. The SMILES string of the molecule is CCCc1nn(C)c2c1nc(C(C)Cl)n2N1CCCCC1. The number of aryl methyl sites for hydroxylation is 2. The van der Waals surface area contributed by atoms with Crippen molar-refractivity contribution in [2.75, 3.05) is 18.1 Å². The third-order valence-electron chi connectivity index (χ3n) is 4.16. The molecule has 6 heteroatoms. The Labute approximate surface area is 130 Å². The number of rotatable bonds is 4. The van der Waals surface area contributed by atoms with Crippen LogP contribution in [-0.2, 0) is 13.5 Å². The Morgan fingerprint density at radius 2 is 1.95 bits per heavy atom. The van der Waals surface area contributed by atoms with Crippen molar-refractivity contribution in [2.24, 2.45) is 7.05 Å². The molecule has 0 aliphatic carbocycles. The molecule has 2 aromatic heterocycles. The highest BCUT2D eigenvalue weighted by atomic mass is 35.5. The second kappa shape index (κ2) is 5.87. The molecule has 1 fully saturated rings. The van der Waals surface area contributed by atoms with E-state index in [-0.39, 0.29) is 5.38 Å². The second-order valence-electron chi connectivity index (χ2n) is 5.90. The van der Waals surface area contributed by atoms with E-state index in [0.29, 0.717) is 0 Å². The Bertz CT molecular complexity index is 622. The van der Waals surface area contributed by atoms with E-state index in [9.17, 15) is 0 Å². The van der Waals surface area contributed by atoms with Crippen molar-refractivity contribution in [2.45, 2.75) is 51.3 Å². The molecule has 0 spiro atoms. The van der Waals surface area contributed by atoms with Crippen LogP contribution in [0.15, 0.2) is 0 Å². The van der Waals surface area contributed by atoms with Crippen LogP contribution in [0, 0.1) is 0 Å².